The maximum Gasteiger partial charge on any atom is 0.211 e. The number of hydrogen-bond donors (Lipinski definition) is 0. The van der Waals surface area contributed by atoms with E-state index in [2.05, 4.69) is 123 Å². The molecule has 7 aromatic carbocycles. The summed E-state index contributed by atoms with van der Waals surface area (Å²) in [7, 11) is 0. The monoisotopic (exact) mass is 610 g/mol. The molecule has 0 spiro atoms. The molecule has 0 aliphatic heterocycles. The van der Waals surface area contributed by atoms with E-state index in [4.69, 9.17) is 6.57 Å². The highest BCUT2D eigenvalue weighted by Gasteiger charge is 2.20. The van der Waals surface area contributed by atoms with Gasteiger partial charge in [0.1, 0.15) is 0 Å². The summed E-state index contributed by atoms with van der Waals surface area (Å²) in [5.41, 5.74) is 11.0. The van der Waals surface area contributed by atoms with Crippen molar-refractivity contribution in [1.29, 1.82) is 5.26 Å². The first-order valence-electron chi connectivity index (χ1n) is 15.9. The lowest BCUT2D eigenvalue weighted by atomic mass is 9.94. The van der Waals surface area contributed by atoms with E-state index in [1.165, 1.54) is 21.8 Å². The predicted molar refractivity (Wildman–Crippen MR) is 197 cm³/mol. The number of nitrogens with zero attached hydrogens (tertiary/aromatic N) is 4. The van der Waals surface area contributed by atoms with Gasteiger partial charge >= 0.3 is 0 Å². The van der Waals surface area contributed by atoms with Crippen LogP contribution in [0.2, 0.25) is 0 Å². The minimum atomic E-state index is 0.535. The molecule has 0 bridgehead atoms. The summed E-state index contributed by atoms with van der Waals surface area (Å²) in [6.07, 6.45) is 0. The third-order valence-electron chi connectivity index (χ3n) is 9.41. The molecule has 9 aromatic rings. The summed E-state index contributed by atoms with van der Waals surface area (Å²) >= 11 is 0. The van der Waals surface area contributed by atoms with Crippen molar-refractivity contribution < 1.29 is 0 Å². The molecule has 4 nitrogen and oxygen atoms in total. The molecule has 4 heteroatoms. The van der Waals surface area contributed by atoms with E-state index in [-0.39, 0.29) is 0 Å². The lowest BCUT2D eigenvalue weighted by Crippen LogP contribution is -1.99. The molecule has 0 radical (unpaired) electrons. The van der Waals surface area contributed by atoms with Crippen LogP contribution in [0, 0.1) is 17.9 Å². The van der Waals surface area contributed by atoms with Crippen LogP contribution in [0.4, 0.5) is 5.69 Å². The summed E-state index contributed by atoms with van der Waals surface area (Å²) in [4.78, 5) is 3.96. The molecule has 0 saturated heterocycles. The molecule has 0 aliphatic carbocycles. The van der Waals surface area contributed by atoms with Crippen LogP contribution in [0.5, 0.6) is 0 Å². The highest BCUT2D eigenvalue weighted by Crippen LogP contribution is 2.42. The number of hydrogen-bond acceptors (Lipinski definition) is 1. The fourth-order valence-electron chi connectivity index (χ4n) is 7.29. The molecular weight excluding hydrogens is 585 g/mol. The lowest BCUT2D eigenvalue weighted by molar-refractivity contribution is 1.18. The molecule has 222 valence electrons. The fraction of sp³-hybridized carbons (Fsp3) is 0. The highest BCUT2D eigenvalue weighted by atomic mass is 15.0. The van der Waals surface area contributed by atoms with Crippen LogP contribution in [0.1, 0.15) is 5.56 Å². The summed E-state index contributed by atoms with van der Waals surface area (Å²) in [6.45, 7) is 8.11. The van der Waals surface area contributed by atoms with Gasteiger partial charge in [-0.05, 0) is 59.2 Å². The molecule has 0 aliphatic rings. The Morgan fingerprint density at radius 1 is 0.479 bits per heavy atom. The SMILES string of the molecule is [C-]#[N+]c1cccc(-c2ccc(-c3ccc(-n4c5ccccc5c5ccccc54)cc3)cc2C#N)c1-n1c2ccccc2c2ccccc21. The number of aromatic nitrogens is 2. The summed E-state index contributed by atoms with van der Waals surface area (Å²) < 4.78 is 4.48. The number of nitriles is 1. The third kappa shape index (κ3) is 4.07. The molecule has 48 heavy (non-hydrogen) atoms. The molecule has 0 saturated carbocycles. The van der Waals surface area contributed by atoms with Gasteiger partial charge in [0, 0.05) is 32.8 Å². The smallest absolute Gasteiger partial charge is 0.211 e. The van der Waals surface area contributed by atoms with Gasteiger partial charge in [0.05, 0.1) is 46.0 Å². The fourth-order valence-corrected chi connectivity index (χ4v) is 7.29. The molecule has 0 amide bonds. The van der Waals surface area contributed by atoms with Crippen molar-refractivity contribution in [3.05, 3.63) is 175 Å². The van der Waals surface area contributed by atoms with E-state index in [0.29, 0.717) is 11.3 Å². The highest BCUT2D eigenvalue weighted by molar-refractivity contribution is 6.11. The topological polar surface area (TPSA) is 38.0 Å². The molecule has 9 rings (SSSR count). The molecule has 2 aromatic heterocycles. The molecule has 0 atom stereocenters. The Kier molecular flexibility index (Phi) is 6.22. The molecular formula is C44H26N4. The van der Waals surface area contributed by atoms with Gasteiger partial charge in [0.15, 0.2) is 0 Å². The van der Waals surface area contributed by atoms with Crippen molar-refractivity contribution in [2.45, 2.75) is 0 Å². The van der Waals surface area contributed by atoms with E-state index < -0.39 is 0 Å². The van der Waals surface area contributed by atoms with Gasteiger partial charge in [-0.1, -0.05) is 115 Å². The first kappa shape index (κ1) is 27.4. The summed E-state index contributed by atoms with van der Waals surface area (Å²) in [5.74, 6) is 0. The van der Waals surface area contributed by atoms with E-state index in [9.17, 15) is 5.26 Å². The van der Waals surface area contributed by atoms with Crippen LogP contribution in [0.25, 0.3) is 82.1 Å². The Balaban J connectivity index is 1.17. The van der Waals surface area contributed by atoms with Crippen molar-refractivity contribution in [1.82, 2.24) is 9.13 Å². The Hall–Kier alpha value is -6.88. The number of fused-ring (bicyclic) bond motifs is 6. The van der Waals surface area contributed by atoms with E-state index in [0.717, 1.165) is 55.4 Å². The van der Waals surface area contributed by atoms with Gasteiger partial charge in [-0.25, -0.2) is 4.85 Å². The van der Waals surface area contributed by atoms with Gasteiger partial charge in [0.25, 0.3) is 0 Å². The maximum atomic E-state index is 10.5. The Morgan fingerprint density at radius 2 is 0.979 bits per heavy atom. The zero-order valence-corrected chi connectivity index (χ0v) is 25.8. The number of rotatable bonds is 4. The van der Waals surface area contributed by atoms with E-state index >= 15 is 0 Å². The van der Waals surface area contributed by atoms with Crippen molar-refractivity contribution >= 4 is 49.3 Å². The summed E-state index contributed by atoms with van der Waals surface area (Å²) in [5, 5.41) is 15.2. The largest absolute Gasteiger partial charge is 0.318 e. The van der Waals surface area contributed by atoms with E-state index in [1.807, 2.05) is 54.6 Å². The predicted octanol–water partition coefficient (Wildman–Crippen LogP) is 11.6. The second-order valence-electron chi connectivity index (χ2n) is 11.9. The van der Waals surface area contributed by atoms with Gasteiger partial charge in [0.2, 0.25) is 5.69 Å². The Morgan fingerprint density at radius 3 is 1.50 bits per heavy atom. The average Bonchev–Trinajstić information content (AvgIpc) is 3.67. The Bertz CT molecular complexity index is 2690. The van der Waals surface area contributed by atoms with Crippen molar-refractivity contribution in [3.8, 4) is 39.7 Å². The minimum Gasteiger partial charge on any atom is -0.318 e. The summed E-state index contributed by atoms with van der Waals surface area (Å²) in [6, 6.07) is 56.4. The van der Waals surface area contributed by atoms with Crippen LogP contribution >= 0.6 is 0 Å². The van der Waals surface area contributed by atoms with Crippen LogP contribution in [0.3, 0.4) is 0 Å². The van der Waals surface area contributed by atoms with Gasteiger partial charge < -0.3 is 9.13 Å². The first-order chi connectivity index (χ1) is 23.7. The van der Waals surface area contributed by atoms with E-state index in [1.54, 1.807) is 0 Å². The van der Waals surface area contributed by atoms with Gasteiger partial charge in [-0.15, -0.1) is 0 Å². The van der Waals surface area contributed by atoms with Gasteiger partial charge in [-0.3, -0.25) is 0 Å². The number of para-hydroxylation sites is 5. The second kappa shape index (κ2) is 10.9. The second-order valence-corrected chi connectivity index (χ2v) is 11.9. The van der Waals surface area contributed by atoms with Crippen LogP contribution in [0.15, 0.2) is 158 Å². The van der Waals surface area contributed by atoms with Crippen molar-refractivity contribution in [2.24, 2.45) is 0 Å². The van der Waals surface area contributed by atoms with Gasteiger partial charge in [-0.2, -0.15) is 5.26 Å². The van der Waals surface area contributed by atoms with Crippen LogP contribution in [-0.2, 0) is 0 Å². The lowest BCUT2D eigenvalue weighted by Gasteiger charge is -2.17. The van der Waals surface area contributed by atoms with Crippen molar-refractivity contribution in [3.63, 3.8) is 0 Å². The molecule has 0 N–H and O–H groups in total. The number of benzene rings is 7. The zero-order valence-electron chi connectivity index (χ0n) is 25.8. The molecule has 2 heterocycles. The Labute approximate surface area is 277 Å². The maximum absolute atomic E-state index is 10.5. The normalized spacial score (nSPS) is 11.3. The zero-order chi connectivity index (χ0) is 32.2. The molecule has 0 unspecified atom stereocenters. The minimum absolute atomic E-state index is 0.535. The quantitative estimate of drug-likeness (QED) is 0.183. The van der Waals surface area contributed by atoms with Crippen LogP contribution < -0.4 is 0 Å². The third-order valence-corrected chi connectivity index (χ3v) is 9.41. The standard InChI is InChI=1S/C44H26N4/c1-46-39-16-10-15-38(44(39)48-42-19-8-4-13-36(42)37-14-5-9-20-43(37)48)33-26-23-30(27-31(33)28-45)29-21-24-32(25-22-29)47-40-17-6-2-11-34(40)35-12-3-7-18-41(35)47/h2-27H. The van der Waals surface area contributed by atoms with Crippen molar-refractivity contribution in [2.75, 3.05) is 0 Å². The average molecular weight is 611 g/mol. The first-order valence-corrected chi connectivity index (χ1v) is 15.9. The van der Waals surface area contributed by atoms with Crippen LogP contribution in [-0.4, -0.2) is 9.13 Å². The molecule has 0 fully saturated rings.